The van der Waals surface area contributed by atoms with Crippen molar-refractivity contribution in [2.24, 2.45) is 0 Å². The predicted octanol–water partition coefficient (Wildman–Crippen LogP) is 1.06. The first kappa shape index (κ1) is 13.7. The average molecular weight is 279 g/mol. The Morgan fingerprint density at radius 3 is 2.65 bits per heavy atom. The minimum Gasteiger partial charge on any atom is -0.466 e. The SMILES string of the molecule is COC(=O)/C=C(/Nc1ccc2c(c1)OCO2)C(=O)OC. The van der Waals surface area contributed by atoms with Gasteiger partial charge in [-0.3, -0.25) is 0 Å². The topological polar surface area (TPSA) is 83.1 Å². The number of carbonyl (C=O) groups excluding carboxylic acids is 2. The van der Waals surface area contributed by atoms with E-state index in [2.05, 4.69) is 14.8 Å². The molecule has 0 fully saturated rings. The van der Waals surface area contributed by atoms with Gasteiger partial charge in [0.2, 0.25) is 6.79 Å². The number of nitrogens with one attached hydrogen (secondary N) is 1. The number of hydrogen-bond acceptors (Lipinski definition) is 7. The second kappa shape index (κ2) is 5.96. The van der Waals surface area contributed by atoms with Crippen LogP contribution < -0.4 is 14.8 Å². The Balaban J connectivity index is 2.21. The zero-order chi connectivity index (χ0) is 14.5. The van der Waals surface area contributed by atoms with Crippen LogP contribution >= 0.6 is 0 Å². The van der Waals surface area contributed by atoms with E-state index in [4.69, 9.17) is 9.47 Å². The highest BCUT2D eigenvalue weighted by Crippen LogP contribution is 2.34. The maximum Gasteiger partial charge on any atom is 0.354 e. The zero-order valence-corrected chi connectivity index (χ0v) is 11.0. The molecule has 106 valence electrons. The third-order valence-electron chi connectivity index (χ3n) is 2.52. The summed E-state index contributed by atoms with van der Waals surface area (Å²) in [4.78, 5) is 22.8. The van der Waals surface area contributed by atoms with E-state index in [0.29, 0.717) is 17.2 Å². The first-order valence-corrected chi connectivity index (χ1v) is 5.68. The fourth-order valence-electron chi connectivity index (χ4n) is 1.56. The summed E-state index contributed by atoms with van der Waals surface area (Å²) in [5.41, 5.74) is 0.507. The fraction of sp³-hybridized carbons (Fsp3) is 0.231. The molecule has 0 saturated heterocycles. The van der Waals surface area contributed by atoms with Crippen LogP contribution in [-0.4, -0.2) is 33.0 Å². The fourth-order valence-corrected chi connectivity index (χ4v) is 1.56. The number of methoxy groups -OCH3 is 2. The first-order valence-electron chi connectivity index (χ1n) is 5.68. The summed E-state index contributed by atoms with van der Waals surface area (Å²) in [6.45, 7) is 0.153. The lowest BCUT2D eigenvalue weighted by Gasteiger charge is -2.09. The van der Waals surface area contributed by atoms with Crippen LogP contribution in [-0.2, 0) is 19.1 Å². The van der Waals surface area contributed by atoms with E-state index in [-0.39, 0.29) is 12.5 Å². The molecule has 1 N–H and O–H groups in total. The van der Waals surface area contributed by atoms with Crippen molar-refractivity contribution in [3.05, 3.63) is 30.0 Å². The molecule has 7 heteroatoms. The Hall–Kier alpha value is -2.70. The van der Waals surface area contributed by atoms with Gasteiger partial charge in [-0.25, -0.2) is 9.59 Å². The molecule has 0 aromatic heterocycles. The highest BCUT2D eigenvalue weighted by molar-refractivity contribution is 5.98. The van der Waals surface area contributed by atoms with Gasteiger partial charge in [0.1, 0.15) is 5.70 Å². The number of esters is 2. The zero-order valence-electron chi connectivity index (χ0n) is 11.0. The van der Waals surface area contributed by atoms with Crippen molar-refractivity contribution in [3.63, 3.8) is 0 Å². The average Bonchev–Trinajstić information content (AvgIpc) is 2.93. The molecule has 0 bridgehead atoms. The minimum atomic E-state index is -0.687. The molecular formula is C13H13NO6. The molecule has 0 amide bonds. The van der Waals surface area contributed by atoms with E-state index in [1.807, 2.05) is 0 Å². The van der Waals surface area contributed by atoms with Crippen molar-refractivity contribution < 1.29 is 28.5 Å². The molecule has 0 atom stereocenters. The number of rotatable bonds is 4. The molecule has 1 aromatic carbocycles. The van der Waals surface area contributed by atoms with Crippen molar-refractivity contribution in [2.45, 2.75) is 0 Å². The summed E-state index contributed by atoms with van der Waals surface area (Å²) in [7, 11) is 2.43. The Morgan fingerprint density at radius 2 is 1.95 bits per heavy atom. The van der Waals surface area contributed by atoms with Gasteiger partial charge in [-0.2, -0.15) is 0 Å². The largest absolute Gasteiger partial charge is 0.466 e. The number of fused-ring (bicyclic) bond motifs is 1. The third-order valence-corrected chi connectivity index (χ3v) is 2.52. The van der Waals surface area contributed by atoms with Crippen LogP contribution in [0.1, 0.15) is 0 Å². The van der Waals surface area contributed by atoms with Gasteiger partial charge in [-0.05, 0) is 12.1 Å². The van der Waals surface area contributed by atoms with E-state index < -0.39 is 11.9 Å². The molecule has 2 rings (SSSR count). The van der Waals surface area contributed by atoms with Crippen LogP contribution in [0.5, 0.6) is 11.5 Å². The number of benzene rings is 1. The molecule has 7 nitrogen and oxygen atoms in total. The predicted molar refractivity (Wildman–Crippen MR) is 68.3 cm³/mol. The number of anilines is 1. The van der Waals surface area contributed by atoms with E-state index >= 15 is 0 Å². The third kappa shape index (κ3) is 3.00. The summed E-state index contributed by atoms with van der Waals surface area (Å²) >= 11 is 0. The second-order valence-electron chi connectivity index (χ2n) is 3.77. The molecule has 1 aliphatic heterocycles. The van der Waals surface area contributed by atoms with E-state index in [0.717, 1.165) is 6.08 Å². The van der Waals surface area contributed by atoms with Gasteiger partial charge in [0.05, 0.1) is 20.3 Å². The molecule has 0 aliphatic carbocycles. The summed E-state index contributed by atoms with van der Waals surface area (Å²) < 4.78 is 19.5. The number of ether oxygens (including phenoxy) is 4. The van der Waals surface area contributed by atoms with Crippen molar-refractivity contribution >= 4 is 17.6 Å². The summed E-state index contributed by atoms with van der Waals surface area (Å²) in [5, 5.41) is 2.77. The number of hydrogen-bond donors (Lipinski definition) is 1. The van der Waals surface area contributed by atoms with Crippen LogP contribution in [0.15, 0.2) is 30.0 Å². The molecule has 0 radical (unpaired) electrons. The van der Waals surface area contributed by atoms with Gasteiger partial charge < -0.3 is 24.3 Å². The van der Waals surface area contributed by atoms with Crippen LogP contribution in [0.4, 0.5) is 5.69 Å². The standard InChI is InChI=1S/C13H13NO6/c1-17-12(15)6-9(13(16)18-2)14-8-3-4-10-11(5-8)20-7-19-10/h3-6,14H,7H2,1-2H3/b9-6+. The molecule has 0 unspecified atom stereocenters. The molecule has 0 saturated carbocycles. The van der Waals surface area contributed by atoms with Gasteiger partial charge in [0, 0.05) is 11.8 Å². The maximum atomic E-state index is 11.6. The molecule has 1 heterocycles. The Morgan fingerprint density at radius 1 is 1.20 bits per heavy atom. The highest BCUT2D eigenvalue weighted by atomic mass is 16.7. The quantitative estimate of drug-likeness (QED) is 0.651. The van der Waals surface area contributed by atoms with Gasteiger partial charge in [0.15, 0.2) is 11.5 Å². The van der Waals surface area contributed by atoms with Crippen LogP contribution in [0, 0.1) is 0 Å². The molecule has 0 spiro atoms. The van der Waals surface area contributed by atoms with E-state index in [1.165, 1.54) is 14.2 Å². The highest BCUT2D eigenvalue weighted by Gasteiger charge is 2.16. The second-order valence-corrected chi connectivity index (χ2v) is 3.77. The lowest BCUT2D eigenvalue weighted by atomic mass is 10.2. The van der Waals surface area contributed by atoms with Crippen molar-refractivity contribution in [3.8, 4) is 11.5 Å². The van der Waals surface area contributed by atoms with E-state index in [1.54, 1.807) is 18.2 Å². The molecule has 1 aliphatic rings. The van der Waals surface area contributed by atoms with Crippen LogP contribution in [0.3, 0.4) is 0 Å². The Bertz CT molecular complexity index is 566. The Labute approximate surface area is 115 Å². The van der Waals surface area contributed by atoms with Crippen LogP contribution in [0.25, 0.3) is 0 Å². The van der Waals surface area contributed by atoms with Gasteiger partial charge >= 0.3 is 11.9 Å². The smallest absolute Gasteiger partial charge is 0.354 e. The molecule has 20 heavy (non-hydrogen) atoms. The van der Waals surface area contributed by atoms with E-state index in [9.17, 15) is 9.59 Å². The summed E-state index contributed by atoms with van der Waals surface area (Å²) in [5.74, 6) is -0.184. The van der Waals surface area contributed by atoms with Crippen molar-refractivity contribution in [1.29, 1.82) is 0 Å². The van der Waals surface area contributed by atoms with Gasteiger partial charge in [-0.15, -0.1) is 0 Å². The summed E-state index contributed by atoms with van der Waals surface area (Å²) in [6, 6.07) is 5.02. The van der Waals surface area contributed by atoms with Gasteiger partial charge in [0.25, 0.3) is 0 Å². The lowest BCUT2D eigenvalue weighted by Crippen LogP contribution is -2.15. The first-order chi connectivity index (χ1) is 9.63. The Kier molecular flexibility index (Phi) is 4.09. The monoisotopic (exact) mass is 279 g/mol. The normalized spacial score (nSPS) is 12.8. The lowest BCUT2D eigenvalue weighted by molar-refractivity contribution is -0.138. The summed E-state index contributed by atoms with van der Waals surface area (Å²) in [6.07, 6.45) is 1.01. The van der Waals surface area contributed by atoms with Crippen molar-refractivity contribution in [2.75, 3.05) is 26.3 Å². The maximum absolute atomic E-state index is 11.6. The van der Waals surface area contributed by atoms with Crippen LogP contribution in [0.2, 0.25) is 0 Å². The van der Waals surface area contributed by atoms with Crippen molar-refractivity contribution in [1.82, 2.24) is 0 Å². The molecule has 1 aromatic rings. The minimum absolute atomic E-state index is 0.0433. The number of carbonyl (C=O) groups is 2. The van der Waals surface area contributed by atoms with Gasteiger partial charge in [-0.1, -0.05) is 0 Å². The molecular weight excluding hydrogens is 266 g/mol.